The van der Waals surface area contributed by atoms with Gasteiger partial charge in [0.1, 0.15) is 18.1 Å². The molecule has 1 saturated heterocycles. The van der Waals surface area contributed by atoms with Crippen molar-refractivity contribution in [3.8, 4) is 5.75 Å². The molecule has 1 aliphatic heterocycles. The summed E-state index contributed by atoms with van der Waals surface area (Å²) in [6.45, 7) is 0.567. The predicted molar refractivity (Wildman–Crippen MR) is 100 cm³/mol. The number of hydrogen-bond donors (Lipinski definition) is 1. The fraction of sp³-hybridized carbons (Fsp3) is 0.250. The lowest BCUT2D eigenvalue weighted by Gasteiger charge is -2.33. The van der Waals surface area contributed by atoms with Crippen LogP contribution in [0.2, 0.25) is 0 Å². The number of carbonyl (C=O) groups is 3. The Bertz CT molecular complexity index is 868. The van der Waals surface area contributed by atoms with Crippen LogP contribution in [0, 0.1) is 5.82 Å². The number of rotatable bonds is 6. The largest absolute Gasteiger partial charge is 0.497 e. The van der Waals surface area contributed by atoms with Crippen molar-refractivity contribution in [1.82, 2.24) is 9.80 Å². The molecule has 146 valence electrons. The van der Waals surface area contributed by atoms with Gasteiger partial charge >= 0.3 is 11.8 Å². The maximum Gasteiger partial charge on any atom is 0.312 e. The Balaban J connectivity index is 1.54. The van der Waals surface area contributed by atoms with Gasteiger partial charge in [0, 0.05) is 25.3 Å². The summed E-state index contributed by atoms with van der Waals surface area (Å²) in [6, 6.07) is 12.5. The lowest BCUT2D eigenvalue weighted by atomic mass is 10.2. The zero-order valence-electron chi connectivity index (χ0n) is 15.4. The van der Waals surface area contributed by atoms with Crippen molar-refractivity contribution in [2.24, 2.45) is 0 Å². The van der Waals surface area contributed by atoms with Gasteiger partial charge in [0.2, 0.25) is 5.91 Å². The van der Waals surface area contributed by atoms with E-state index >= 15 is 0 Å². The Hall–Kier alpha value is -3.42. The monoisotopic (exact) mass is 385 g/mol. The summed E-state index contributed by atoms with van der Waals surface area (Å²) >= 11 is 0. The molecule has 0 bridgehead atoms. The van der Waals surface area contributed by atoms with Crippen molar-refractivity contribution < 1.29 is 23.5 Å². The Labute approximate surface area is 161 Å². The topological polar surface area (TPSA) is 79.0 Å². The predicted octanol–water partition coefficient (Wildman–Crippen LogP) is 1.64. The highest BCUT2D eigenvalue weighted by molar-refractivity contribution is 6.35. The Kier molecular flexibility index (Phi) is 5.88. The van der Waals surface area contributed by atoms with E-state index in [1.807, 2.05) is 0 Å². The molecule has 0 aromatic heterocycles. The van der Waals surface area contributed by atoms with Gasteiger partial charge in [0.05, 0.1) is 7.11 Å². The molecule has 1 N–H and O–H groups in total. The van der Waals surface area contributed by atoms with Crippen LogP contribution in [0.15, 0.2) is 48.5 Å². The van der Waals surface area contributed by atoms with E-state index in [0.29, 0.717) is 18.0 Å². The molecule has 0 radical (unpaired) electrons. The van der Waals surface area contributed by atoms with Gasteiger partial charge in [-0.25, -0.2) is 4.39 Å². The molecule has 1 heterocycles. The van der Waals surface area contributed by atoms with E-state index in [4.69, 9.17) is 4.74 Å². The van der Waals surface area contributed by atoms with Crippen LogP contribution in [0.3, 0.4) is 0 Å². The molecule has 0 aliphatic carbocycles. The molecular weight excluding hydrogens is 365 g/mol. The molecule has 1 fully saturated rings. The maximum atomic E-state index is 13.0. The molecule has 8 heteroatoms. The van der Waals surface area contributed by atoms with Crippen molar-refractivity contribution in [1.29, 1.82) is 0 Å². The van der Waals surface area contributed by atoms with Gasteiger partial charge in [-0.2, -0.15) is 0 Å². The second kappa shape index (κ2) is 8.51. The molecule has 1 aliphatic rings. The minimum atomic E-state index is -0.724. The number of piperazine rings is 1. The lowest BCUT2D eigenvalue weighted by Crippen LogP contribution is -2.55. The van der Waals surface area contributed by atoms with E-state index < -0.39 is 17.7 Å². The SMILES string of the molecule is COc1ccc(NC(=O)CN2CCN(Cc3ccc(F)cc3)C(=O)C2=O)cc1. The third-order valence-electron chi connectivity index (χ3n) is 4.39. The standard InChI is InChI=1S/C20H20FN3O4/c1-28-17-8-6-16(7-9-17)22-18(25)13-24-11-10-23(19(26)20(24)27)12-14-2-4-15(21)5-3-14/h2-9H,10-13H2,1H3,(H,22,25). The normalized spacial score (nSPS) is 14.2. The summed E-state index contributed by atoms with van der Waals surface area (Å²) in [5, 5.41) is 2.68. The van der Waals surface area contributed by atoms with Crippen molar-refractivity contribution >= 4 is 23.4 Å². The molecule has 0 atom stereocenters. The number of hydrogen-bond acceptors (Lipinski definition) is 4. The molecule has 2 aromatic carbocycles. The van der Waals surface area contributed by atoms with E-state index in [2.05, 4.69) is 5.32 Å². The summed E-state index contributed by atoms with van der Waals surface area (Å²) < 4.78 is 18.0. The number of carbonyl (C=O) groups excluding carboxylic acids is 3. The van der Waals surface area contributed by atoms with Gasteiger partial charge in [0.15, 0.2) is 0 Å². The second-order valence-electron chi connectivity index (χ2n) is 6.36. The summed E-state index contributed by atoms with van der Waals surface area (Å²) in [4.78, 5) is 39.5. The number of nitrogens with one attached hydrogen (secondary N) is 1. The average molecular weight is 385 g/mol. The number of ether oxygens (including phenoxy) is 1. The fourth-order valence-electron chi connectivity index (χ4n) is 2.88. The highest BCUT2D eigenvalue weighted by atomic mass is 19.1. The van der Waals surface area contributed by atoms with Crippen LogP contribution < -0.4 is 10.1 Å². The third kappa shape index (κ3) is 4.64. The summed E-state index contributed by atoms with van der Waals surface area (Å²) in [5.41, 5.74) is 1.30. The summed E-state index contributed by atoms with van der Waals surface area (Å²) in [7, 11) is 1.55. The number of benzene rings is 2. The number of methoxy groups -OCH3 is 1. The molecular formula is C20H20FN3O4. The van der Waals surface area contributed by atoms with E-state index in [9.17, 15) is 18.8 Å². The first-order valence-electron chi connectivity index (χ1n) is 8.73. The van der Waals surface area contributed by atoms with Crippen LogP contribution >= 0.6 is 0 Å². The van der Waals surface area contributed by atoms with E-state index in [-0.39, 0.29) is 25.5 Å². The third-order valence-corrected chi connectivity index (χ3v) is 4.39. The summed E-state index contributed by atoms with van der Waals surface area (Å²) in [6.07, 6.45) is 0. The minimum Gasteiger partial charge on any atom is -0.497 e. The lowest BCUT2D eigenvalue weighted by molar-refractivity contribution is -0.157. The van der Waals surface area contributed by atoms with Crippen LogP contribution in [-0.4, -0.2) is 54.3 Å². The Morgan fingerprint density at radius 2 is 1.61 bits per heavy atom. The number of anilines is 1. The Morgan fingerprint density at radius 1 is 1.00 bits per heavy atom. The quantitative estimate of drug-likeness (QED) is 0.767. The summed E-state index contributed by atoms with van der Waals surface area (Å²) in [5.74, 6) is -1.49. The van der Waals surface area contributed by atoms with E-state index in [1.165, 1.54) is 21.9 Å². The van der Waals surface area contributed by atoms with Gasteiger partial charge in [-0.05, 0) is 42.0 Å². The van der Waals surface area contributed by atoms with Gasteiger partial charge in [-0.3, -0.25) is 14.4 Å². The molecule has 0 saturated carbocycles. The van der Waals surface area contributed by atoms with Crippen LogP contribution in [0.1, 0.15) is 5.56 Å². The van der Waals surface area contributed by atoms with Gasteiger partial charge < -0.3 is 19.9 Å². The Morgan fingerprint density at radius 3 is 2.25 bits per heavy atom. The molecule has 2 aromatic rings. The molecule has 7 nitrogen and oxygen atoms in total. The molecule has 0 unspecified atom stereocenters. The highest BCUT2D eigenvalue weighted by Crippen LogP contribution is 2.15. The molecule has 0 spiro atoms. The first kappa shape index (κ1) is 19.3. The van der Waals surface area contributed by atoms with Crippen LogP contribution in [0.25, 0.3) is 0 Å². The first-order valence-corrected chi connectivity index (χ1v) is 8.73. The van der Waals surface area contributed by atoms with Crippen LogP contribution in [0.4, 0.5) is 10.1 Å². The highest BCUT2D eigenvalue weighted by Gasteiger charge is 2.33. The van der Waals surface area contributed by atoms with Crippen molar-refractivity contribution in [3.05, 3.63) is 59.9 Å². The number of halogens is 1. The molecule has 3 rings (SSSR count). The van der Waals surface area contributed by atoms with Crippen molar-refractivity contribution in [2.45, 2.75) is 6.54 Å². The van der Waals surface area contributed by atoms with Crippen LogP contribution in [0.5, 0.6) is 5.75 Å². The van der Waals surface area contributed by atoms with Gasteiger partial charge in [-0.1, -0.05) is 12.1 Å². The average Bonchev–Trinajstić information content (AvgIpc) is 2.70. The van der Waals surface area contributed by atoms with Gasteiger partial charge in [-0.15, -0.1) is 0 Å². The molecule has 3 amide bonds. The molecule has 28 heavy (non-hydrogen) atoms. The van der Waals surface area contributed by atoms with Crippen molar-refractivity contribution in [3.63, 3.8) is 0 Å². The zero-order valence-corrected chi connectivity index (χ0v) is 15.4. The van der Waals surface area contributed by atoms with E-state index in [1.54, 1.807) is 43.5 Å². The smallest absolute Gasteiger partial charge is 0.312 e. The first-order chi connectivity index (χ1) is 13.5. The van der Waals surface area contributed by atoms with Gasteiger partial charge in [0.25, 0.3) is 0 Å². The minimum absolute atomic E-state index is 0.207. The maximum absolute atomic E-state index is 13.0. The second-order valence-corrected chi connectivity index (χ2v) is 6.36. The number of amides is 3. The number of nitrogens with zero attached hydrogens (tertiary/aromatic N) is 2. The van der Waals surface area contributed by atoms with Crippen LogP contribution in [-0.2, 0) is 20.9 Å². The van der Waals surface area contributed by atoms with E-state index in [0.717, 1.165) is 5.56 Å². The van der Waals surface area contributed by atoms with Crippen molar-refractivity contribution in [2.75, 3.05) is 32.1 Å². The fourth-order valence-corrected chi connectivity index (χ4v) is 2.88. The zero-order chi connectivity index (χ0) is 20.1.